The summed E-state index contributed by atoms with van der Waals surface area (Å²) in [6.45, 7) is 4.34. The van der Waals surface area contributed by atoms with E-state index < -0.39 is 0 Å². The molecule has 0 radical (unpaired) electrons. The van der Waals surface area contributed by atoms with Gasteiger partial charge in [-0.1, -0.05) is 37.0 Å². The third-order valence-electron chi connectivity index (χ3n) is 3.35. The SMILES string of the molecule is Cc1ccc(NC2CCCCC2)c(C)c1. The lowest BCUT2D eigenvalue weighted by molar-refractivity contribution is 0.462. The standard InChI is InChI=1S/C14H21N/c1-11-8-9-14(12(2)10-11)15-13-6-4-3-5-7-13/h8-10,13,15H,3-7H2,1-2H3. The summed E-state index contributed by atoms with van der Waals surface area (Å²) in [5.74, 6) is 0. The van der Waals surface area contributed by atoms with Gasteiger partial charge in [-0.2, -0.15) is 0 Å². The molecule has 0 amide bonds. The van der Waals surface area contributed by atoms with E-state index in [2.05, 4.69) is 37.4 Å². The Morgan fingerprint density at radius 2 is 1.80 bits per heavy atom. The van der Waals surface area contributed by atoms with Crippen LogP contribution in [0.3, 0.4) is 0 Å². The van der Waals surface area contributed by atoms with Crippen LogP contribution in [-0.4, -0.2) is 6.04 Å². The topological polar surface area (TPSA) is 12.0 Å². The molecule has 0 atom stereocenters. The molecule has 15 heavy (non-hydrogen) atoms. The van der Waals surface area contributed by atoms with Crippen molar-refractivity contribution in [1.29, 1.82) is 0 Å². The van der Waals surface area contributed by atoms with Gasteiger partial charge in [-0.15, -0.1) is 0 Å². The quantitative estimate of drug-likeness (QED) is 0.764. The van der Waals surface area contributed by atoms with Crippen LogP contribution in [0, 0.1) is 13.8 Å². The van der Waals surface area contributed by atoms with Gasteiger partial charge in [-0.25, -0.2) is 0 Å². The van der Waals surface area contributed by atoms with E-state index in [4.69, 9.17) is 0 Å². The van der Waals surface area contributed by atoms with Gasteiger partial charge in [0.05, 0.1) is 0 Å². The van der Waals surface area contributed by atoms with Gasteiger partial charge < -0.3 is 5.32 Å². The summed E-state index contributed by atoms with van der Waals surface area (Å²) < 4.78 is 0. The predicted octanol–water partition coefficient (Wildman–Crippen LogP) is 4.05. The first-order chi connectivity index (χ1) is 7.25. The second kappa shape index (κ2) is 4.69. The summed E-state index contributed by atoms with van der Waals surface area (Å²) in [5, 5.41) is 3.68. The Morgan fingerprint density at radius 3 is 2.47 bits per heavy atom. The molecule has 0 aromatic heterocycles. The lowest BCUT2D eigenvalue weighted by Gasteiger charge is -2.24. The Labute approximate surface area is 92.9 Å². The van der Waals surface area contributed by atoms with Gasteiger partial charge in [-0.05, 0) is 38.3 Å². The minimum atomic E-state index is 0.708. The smallest absolute Gasteiger partial charge is 0.0372 e. The van der Waals surface area contributed by atoms with Gasteiger partial charge >= 0.3 is 0 Å². The fourth-order valence-electron chi connectivity index (χ4n) is 2.44. The molecule has 0 saturated heterocycles. The van der Waals surface area contributed by atoms with Crippen molar-refractivity contribution in [2.75, 3.05) is 5.32 Å². The molecule has 0 unspecified atom stereocenters. The van der Waals surface area contributed by atoms with Gasteiger partial charge in [0.2, 0.25) is 0 Å². The zero-order valence-corrected chi connectivity index (χ0v) is 9.84. The molecule has 2 rings (SSSR count). The third-order valence-corrected chi connectivity index (χ3v) is 3.35. The molecule has 82 valence electrons. The van der Waals surface area contributed by atoms with Gasteiger partial charge in [0.1, 0.15) is 0 Å². The minimum absolute atomic E-state index is 0.708. The highest BCUT2D eigenvalue weighted by Gasteiger charge is 2.13. The van der Waals surface area contributed by atoms with E-state index in [1.54, 1.807) is 0 Å². The van der Waals surface area contributed by atoms with Crippen LogP contribution in [0.15, 0.2) is 18.2 Å². The first kappa shape index (κ1) is 10.5. The van der Waals surface area contributed by atoms with Crippen molar-refractivity contribution in [2.24, 2.45) is 0 Å². The second-order valence-corrected chi connectivity index (χ2v) is 4.80. The second-order valence-electron chi connectivity index (χ2n) is 4.80. The van der Waals surface area contributed by atoms with Crippen LogP contribution in [0.1, 0.15) is 43.2 Å². The zero-order valence-electron chi connectivity index (χ0n) is 9.84. The Kier molecular flexibility index (Phi) is 3.30. The van der Waals surface area contributed by atoms with E-state index in [1.807, 2.05) is 0 Å². The van der Waals surface area contributed by atoms with Crippen molar-refractivity contribution in [2.45, 2.75) is 52.0 Å². The summed E-state index contributed by atoms with van der Waals surface area (Å²) in [5.41, 5.74) is 4.05. The molecule has 1 saturated carbocycles. The molecule has 0 aliphatic heterocycles. The summed E-state index contributed by atoms with van der Waals surface area (Å²) in [4.78, 5) is 0. The summed E-state index contributed by atoms with van der Waals surface area (Å²) in [7, 11) is 0. The molecule has 1 N–H and O–H groups in total. The largest absolute Gasteiger partial charge is 0.382 e. The van der Waals surface area contributed by atoms with Crippen molar-refractivity contribution >= 4 is 5.69 Å². The highest BCUT2D eigenvalue weighted by atomic mass is 14.9. The Bertz CT molecular complexity index is 324. The zero-order chi connectivity index (χ0) is 10.7. The number of hydrogen-bond donors (Lipinski definition) is 1. The van der Waals surface area contributed by atoms with Crippen molar-refractivity contribution in [1.82, 2.24) is 0 Å². The Balaban J connectivity index is 2.03. The van der Waals surface area contributed by atoms with Crippen molar-refractivity contribution < 1.29 is 0 Å². The van der Waals surface area contributed by atoms with E-state index in [9.17, 15) is 0 Å². The van der Waals surface area contributed by atoms with Crippen LogP contribution in [0.2, 0.25) is 0 Å². The number of rotatable bonds is 2. The van der Waals surface area contributed by atoms with Gasteiger partial charge in [0.25, 0.3) is 0 Å². The van der Waals surface area contributed by atoms with Crippen LogP contribution < -0.4 is 5.32 Å². The van der Waals surface area contributed by atoms with E-state index in [1.165, 1.54) is 48.9 Å². The van der Waals surface area contributed by atoms with Crippen molar-refractivity contribution in [3.63, 3.8) is 0 Å². The normalized spacial score (nSPS) is 17.7. The van der Waals surface area contributed by atoms with Crippen LogP contribution in [0.4, 0.5) is 5.69 Å². The lowest BCUT2D eigenvalue weighted by atomic mass is 9.95. The summed E-state index contributed by atoms with van der Waals surface area (Å²) in [6.07, 6.45) is 6.89. The van der Waals surface area contributed by atoms with E-state index >= 15 is 0 Å². The lowest BCUT2D eigenvalue weighted by Crippen LogP contribution is -2.22. The number of nitrogens with one attached hydrogen (secondary N) is 1. The molecular formula is C14H21N. The molecule has 1 aromatic rings. The monoisotopic (exact) mass is 203 g/mol. The van der Waals surface area contributed by atoms with Gasteiger partial charge in [-0.3, -0.25) is 0 Å². The molecular weight excluding hydrogens is 182 g/mol. The summed E-state index contributed by atoms with van der Waals surface area (Å²) >= 11 is 0. The maximum Gasteiger partial charge on any atom is 0.0372 e. The van der Waals surface area contributed by atoms with Crippen LogP contribution in [-0.2, 0) is 0 Å². The van der Waals surface area contributed by atoms with Gasteiger partial charge in [0.15, 0.2) is 0 Å². The van der Waals surface area contributed by atoms with E-state index in [-0.39, 0.29) is 0 Å². The molecule has 1 aromatic carbocycles. The van der Waals surface area contributed by atoms with E-state index in [0.29, 0.717) is 6.04 Å². The highest BCUT2D eigenvalue weighted by Crippen LogP contribution is 2.23. The van der Waals surface area contributed by atoms with Crippen molar-refractivity contribution in [3.8, 4) is 0 Å². The molecule has 0 spiro atoms. The molecule has 1 fully saturated rings. The van der Waals surface area contributed by atoms with Gasteiger partial charge in [0, 0.05) is 11.7 Å². The summed E-state index contributed by atoms with van der Waals surface area (Å²) in [6, 6.07) is 7.38. The molecule has 1 heteroatoms. The van der Waals surface area contributed by atoms with Crippen LogP contribution >= 0.6 is 0 Å². The average molecular weight is 203 g/mol. The fraction of sp³-hybridized carbons (Fsp3) is 0.571. The number of benzene rings is 1. The maximum absolute atomic E-state index is 3.68. The average Bonchev–Trinajstić information content (AvgIpc) is 2.24. The molecule has 1 aliphatic carbocycles. The first-order valence-corrected chi connectivity index (χ1v) is 6.09. The van der Waals surface area contributed by atoms with Crippen LogP contribution in [0.5, 0.6) is 0 Å². The third kappa shape index (κ3) is 2.74. The Morgan fingerprint density at radius 1 is 1.07 bits per heavy atom. The molecule has 0 bridgehead atoms. The Hall–Kier alpha value is -0.980. The maximum atomic E-state index is 3.68. The fourth-order valence-corrected chi connectivity index (χ4v) is 2.44. The van der Waals surface area contributed by atoms with E-state index in [0.717, 1.165) is 0 Å². The van der Waals surface area contributed by atoms with Crippen LogP contribution in [0.25, 0.3) is 0 Å². The predicted molar refractivity (Wildman–Crippen MR) is 66.4 cm³/mol. The molecule has 1 nitrogen and oxygen atoms in total. The first-order valence-electron chi connectivity index (χ1n) is 6.09. The number of aryl methyl sites for hydroxylation is 2. The number of anilines is 1. The number of hydrogen-bond acceptors (Lipinski definition) is 1. The minimum Gasteiger partial charge on any atom is -0.382 e. The highest BCUT2D eigenvalue weighted by molar-refractivity contribution is 5.52. The molecule has 0 heterocycles. The van der Waals surface area contributed by atoms with Crippen molar-refractivity contribution in [3.05, 3.63) is 29.3 Å². The molecule has 1 aliphatic rings.